The molecule has 5 heteroatoms. The van der Waals surface area contributed by atoms with Crippen molar-refractivity contribution >= 4 is 17.5 Å². The summed E-state index contributed by atoms with van der Waals surface area (Å²) in [7, 11) is 0. The molecular weight excluding hydrogens is 266 g/mol. The number of benzene rings is 1. The van der Waals surface area contributed by atoms with Crippen molar-refractivity contribution in [3.05, 3.63) is 29.3 Å². The summed E-state index contributed by atoms with van der Waals surface area (Å²) in [5.41, 5.74) is 2.74. The van der Waals surface area contributed by atoms with E-state index >= 15 is 0 Å². The second-order valence-electron chi connectivity index (χ2n) is 5.38. The van der Waals surface area contributed by atoms with E-state index in [9.17, 15) is 9.59 Å². The van der Waals surface area contributed by atoms with Crippen LogP contribution in [0.2, 0.25) is 0 Å². The predicted molar refractivity (Wildman–Crippen MR) is 83.4 cm³/mol. The van der Waals surface area contributed by atoms with Crippen molar-refractivity contribution in [3.8, 4) is 0 Å². The van der Waals surface area contributed by atoms with Crippen LogP contribution in [0.3, 0.4) is 0 Å². The first-order chi connectivity index (χ1) is 10.1. The Morgan fingerprint density at radius 2 is 1.90 bits per heavy atom. The maximum atomic E-state index is 12.0. The van der Waals surface area contributed by atoms with Gasteiger partial charge in [0.15, 0.2) is 0 Å². The van der Waals surface area contributed by atoms with E-state index in [4.69, 9.17) is 0 Å². The zero-order valence-electron chi connectivity index (χ0n) is 12.7. The third-order valence-electron chi connectivity index (χ3n) is 3.51. The van der Waals surface area contributed by atoms with Gasteiger partial charge < -0.3 is 16.0 Å². The first-order valence-corrected chi connectivity index (χ1v) is 7.52. The van der Waals surface area contributed by atoms with Gasteiger partial charge in [0.05, 0.1) is 0 Å². The van der Waals surface area contributed by atoms with Crippen LogP contribution in [0.5, 0.6) is 0 Å². The monoisotopic (exact) mass is 289 g/mol. The molecule has 1 aliphatic rings. The summed E-state index contributed by atoms with van der Waals surface area (Å²) in [6.07, 6.45) is 1.99. The Morgan fingerprint density at radius 3 is 2.52 bits per heavy atom. The molecule has 1 aromatic rings. The second kappa shape index (κ2) is 7.11. The van der Waals surface area contributed by atoms with E-state index in [0.717, 1.165) is 30.6 Å². The number of carbonyl (C=O) groups is 2. The quantitative estimate of drug-likeness (QED) is 0.669. The van der Waals surface area contributed by atoms with Crippen molar-refractivity contribution in [3.63, 3.8) is 0 Å². The Morgan fingerprint density at radius 1 is 1.19 bits per heavy atom. The van der Waals surface area contributed by atoms with Crippen molar-refractivity contribution in [2.45, 2.75) is 26.7 Å². The summed E-state index contributed by atoms with van der Waals surface area (Å²) < 4.78 is 0. The molecule has 0 spiro atoms. The number of hydrogen-bond acceptors (Lipinski definition) is 3. The Labute approximate surface area is 125 Å². The maximum absolute atomic E-state index is 12.0. The molecule has 2 amide bonds. The average Bonchev–Trinajstić information content (AvgIpc) is 3.30. The molecule has 0 bridgehead atoms. The number of anilines is 1. The van der Waals surface area contributed by atoms with E-state index in [0.29, 0.717) is 18.7 Å². The smallest absolute Gasteiger partial charge is 0.251 e. The third-order valence-corrected chi connectivity index (χ3v) is 3.51. The second-order valence-corrected chi connectivity index (χ2v) is 5.38. The molecule has 2 rings (SSSR count). The summed E-state index contributed by atoms with van der Waals surface area (Å²) in [6, 6.07) is 5.60. The standard InChI is InChI=1S/C16H23N3O2/c1-3-17-14-7-6-13(10-11(14)2)16(21)19-9-8-18-15(20)12-4-5-12/h6-7,10,12,17H,3-5,8-9H2,1-2H3,(H,18,20)(H,19,21). The van der Waals surface area contributed by atoms with Crippen LogP contribution in [0.4, 0.5) is 5.69 Å². The minimum Gasteiger partial charge on any atom is -0.385 e. The molecule has 0 radical (unpaired) electrons. The molecule has 0 heterocycles. The summed E-state index contributed by atoms with van der Waals surface area (Å²) in [6.45, 7) is 5.80. The molecule has 114 valence electrons. The van der Waals surface area contributed by atoms with Gasteiger partial charge in [-0.2, -0.15) is 0 Å². The van der Waals surface area contributed by atoms with Crippen LogP contribution >= 0.6 is 0 Å². The van der Waals surface area contributed by atoms with Crippen molar-refractivity contribution in [2.24, 2.45) is 5.92 Å². The predicted octanol–water partition coefficient (Wildman–Crippen LogP) is 1.68. The zero-order valence-corrected chi connectivity index (χ0v) is 12.7. The van der Waals surface area contributed by atoms with Crippen LogP contribution in [-0.4, -0.2) is 31.4 Å². The number of rotatable bonds is 7. The van der Waals surface area contributed by atoms with Gasteiger partial charge in [0.1, 0.15) is 0 Å². The minimum atomic E-state index is -0.109. The first kappa shape index (κ1) is 15.4. The summed E-state index contributed by atoms with van der Waals surface area (Å²) >= 11 is 0. The molecule has 5 nitrogen and oxygen atoms in total. The zero-order chi connectivity index (χ0) is 15.2. The molecular formula is C16H23N3O2. The largest absolute Gasteiger partial charge is 0.385 e. The highest BCUT2D eigenvalue weighted by Crippen LogP contribution is 2.28. The van der Waals surface area contributed by atoms with E-state index < -0.39 is 0 Å². The van der Waals surface area contributed by atoms with Crippen molar-refractivity contribution < 1.29 is 9.59 Å². The topological polar surface area (TPSA) is 70.2 Å². The van der Waals surface area contributed by atoms with Crippen molar-refractivity contribution in [1.82, 2.24) is 10.6 Å². The lowest BCUT2D eigenvalue weighted by Gasteiger charge is -2.10. The van der Waals surface area contributed by atoms with Crippen LogP contribution in [0, 0.1) is 12.8 Å². The fraction of sp³-hybridized carbons (Fsp3) is 0.500. The van der Waals surface area contributed by atoms with Gasteiger partial charge in [0.2, 0.25) is 5.91 Å². The van der Waals surface area contributed by atoms with Crippen LogP contribution in [0.25, 0.3) is 0 Å². The lowest BCUT2D eigenvalue weighted by atomic mass is 10.1. The molecule has 1 saturated carbocycles. The molecule has 1 aliphatic carbocycles. The van der Waals surface area contributed by atoms with E-state index in [1.807, 2.05) is 32.0 Å². The minimum absolute atomic E-state index is 0.107. The number of nitrogens with one attached hydrogen (secondary N) is 3. The molecule has 1 fully saturated rings. The van der Waals surface area contributed by atoms with E-state index in [2.05, 4.69) is 16.0 Å². The number of amides is 2. The Hall–Kier alpha value is -2.04. The molecule has 0 saturated heterocycles. The molecule has 3 N–H and O–H groups in total. The Bertz CT molecular complexity index is 524. The van der Waals surface area contributed by atoms with Gasteiger partial charge >= 0.3 is 0 Å². The maximum Gasteiger partial charge on any atom is 0.251 e. The average molecular weight is 289 g/mol. The van der Waals surface area contributed by atoms with Gasteiger partial charge in [-0.25, -0.2) is 0 Å². The van der Waals surface area contributed by atoms with Gasteiger partial charge in [-0.1, -0.05) is 0 Å². The molecule has 0 unspecified atom stereocenters. The Kier molecular flexibility index (Phi) is 5.20. The lowest BCUT2D eigenvalue weighted by molar-refractivity contribution is -0.122. The summed E-state index contributed by atoms with van der Waals surface area (Å²) in [5, 5.41) is 8.89. The molecule has 1 aromatic carbocycles. The summed E-state index contributed by atoms with van der Waals surface area (Å²) in [4.78, 5) is 23.4. The van der Waals surface area contributed by atoms with Crippen molar-refractivity contribution in [1.29, 1.82) is 0 Å². The summed E-state index contributed by atoms with van der Waals surface area (Å²) in [5.74, 6) is 0.207. The fourth-order valence-corrected chi connectivity index (χ4v) is 2.15. The van der Waals surface area contributed by atoms with Crippen LogP contribution < -0.4 is 16.0 Å². The van der Waals surface area contributed by atoms with Crippen molar-refractivity contribution in [2.75, 3.05) is 25.0 Å². The van der Waals surface area contributed by atoms with Gasteiger partial charge in [-0.3, -0.25) is 9.59 Å². The highest BCUT2D eigenvalue weighted by atomic mass is 16.2. The SMILES string of the molecule is CCNc1ccc(C(=O)NCCNC(=O)C2CC2)cc1C. The lowest BCUT2D eigenvalue weighted by Crippen LogP contribution is -2.35. The van der Waals surface area contributed by atoms with E-state index in [-0.39, 0.29) is 17.7 Å². The van der Waals surface area contributed by atoms with Crippen LogP contribution in [-0.2, 0) is 4.79 Å². The molecule has 0 atom stereocenters. The third kappa shape index (κ3) is 4.48. The van der Waals surface area contributed by atoms with Gasteiger partial charge in [0.25, 0.3) is 5.91 Å². The van der Waals surface area contributed by atoms with E-state index in [1.54, 1.807) is 0 Å². The fourth-order valence-electron chi connectivity index (χ4n) is 2.15. The van der Waals surface area contributed by atoms with E-state index in [1.165, 1.54) is 0 Å². The number of carbonyl (C=O) groups excluding carboxylic acids is 2. The molecule has 0 aliphatic heterocycles. The van der Waals surface area contributed by atoms with Crippen LogP contribution in [0.1, 0.15) is 35.7 Å². The Balaban J connectivity index is 1.77. The highest BCUT2D eigenvalue weighted by molar-refractivity contribution is 5.94. The first-order valence-electron chi connectivity index (χ1n) is 7.52. The van der Waals surface area contributed by atoms with Gasteiger partial charge in [0, 0.05) is 36.8 Å². The number of aryl methyl sites for hydroxylation is 1. The van der Waals surface area contributed by atoms with Crippen LogP contribution in [0.15, 0.2) is 18.2 Å². The normalized spacial score (nSPS) is 13.6. The molecule has 0 aromatic heterocycles. The molecule has 21 heavy (non-hydrogen) atoms. The highest BCUT2D eigenvalue weighted by Gasteiger charge is 2.28. The van der Waals surface area contributed by atoms with Gasteiger partial charge in [-0.15, -0.1) is 0 Å². The number of hydrogen-bond donors (Lipinski definition) is 3. The van der Waals surface area contributed by atoms with Gasteiger partial charge in [-0.05, 0) is 50.5 Å².